The van der Waals surface area contributed by atoms with Crippen molar-refractivity contribution in [3.05, 3.63) is 24.4 Å². The Labute approximate surface area is 147 Å². The lowest BCUT2D eigenvalue weighted by Gasteiger charge is -2.28. The van der Waals surface area contributed by atoms with Gasteiger partial charge in [0.2, 0.25) is 5.91 Å². The quantitative estimate of drug-likeness (QED) is 0.890. The van der Waals surface area contributed by atoms with E-state index in [1.54, 1.807) is 39.3 Å². The first-order valence-corrected chi connectivity index (χ1v) is 8.19. The third kappa shape index (κ3) is 5.48. The van der Waals surface area contributed by atoms with Gasteiger partial charge >= 0.3 is 6.09 Å². The zero-order chi connectivity index (χ0) is 18.8. The number of amides is 2. The summed E-state index contributed by atoms with van der Waals surface area (Å²) in [5, 5.41) is 10.9. The summed E-state index contributed by atoms with van der Waals surface area (Å²) in [4.78, 5) is 24.3. The van der Waals surface area contributed by atoms with E-state index in [0.717, 1.165) is 10.9 Å². The van der Waals surface area contributed by atoms with E-state index >= 15 is 0 Å². The van der Waals surface area contributed by atoms with E-state index in [-0.39, 0.29) is 12.3 Å². The van der Waals surface area contributed by atoms with Gasteiger partial charge in [-0.15, -0.1) is 0 Å². The van der Waals surface area contributed by atoms with Crippen LogP contribution in [0.3, 0.4) is 0 Å². The topological polar surface area (TPSA) is 85.2 Å². The molecule has 1 aromatic heterocycles. The Morgan fingerprint density at radius 1 is 1.20 bits per heavy atom. The van der Waals surface area contributed by atoms with Gasteiger partial charge in [0.05, 0.1) is 5.69 Å². The average Bonchev–Trinajstić information content (AvgIpc) is 2.75. The standard InChI is InChI=1S/C18H26N4O3/c1-17(2,3)25-16(24)20-18(4,5)10-14(23)19-13-9-7-8-12-11-22(6)21-15(12)13/h7-9,11H,10H2,1-6H3,(H,19,23)(H,20,24). The first-order chi connectivity index (χ1) is 11.5. The van der Waals surface area contributed by atoms with Gasteiger partial charge in [0.1, 0.15) is 11.1 Å². The molecule has 136 valence electrons. The third-order valence-electron chi connectivity index (χ3n) is 3.37. The second-order valence-corrected chi connectivity index (χ2v) is 7.78. The van der Waals surface area contributed by atoms with Crippen LogP contribution in [-0.4, -0.2) is 32.9 Å². The minimum Gasteiger partial charge on any atom is -0.444 e. The molecular formula is C18H26N4O3. The molecule has 0 bridgehead atoms. The van der Waals surface area contributed by atoms with E-state index < -0.39 is 17.2 Å². The van der Waals surface area contributed by atoms with Crippen LogP contribution in [0.15, 0.2) is 24.4 Å². The van der Waals surface area contributed by atoms with E-state index in [4.69, 9.17) is 4.74 Å². The predicted molar refractivity (Wildman–Crippen MR) is 97.4 cm³/mol. The second kappa shape index (κ2) is 6.74. The van der Waals surface area contributed by atoms with Crippen LogP contribution in [0, 0.1) is 0 Å². The number of aryl methyl sites for hydroxylation is 1. The van der Waals surface area contributed by atoms with Gasteiger partial charge in [0.15, 0.2) is 0 Å². The lowest BCUT2D eigenvalue weighted by Crippen LogP contribution is -2.47. The molecule has 0 spiro atoms. The van der Waals surface area contributed by atoms with Crippen LogP contribution in [0.1, 0.15) is 41.0 Å². The maximum absolute atomic E-state index is 12.4. The van der Waals surface area contributed by atoms with Crippen molar-refractivity contribution in [2.75, 3.05) is 5.32 Å². The van der Waals surface area contributed by atoms with Crippen LogP contribution in [0.25, 0.3) is 10.9 Å². The number of anilines is 1. The number of nitrogens with zero attached hydrogens (tertiary/aromatic N) is 2. The summed E-state index contributed by atoms with van der Waals surface area (Å²) in [7, 11) is 1.83. The fourth-order valence-electron chi connectivity index (χ4n) is 2.49. The number of nitrogens with one attached hydrogen (secondary N) is 2. The molecular weight excluding hydrogens is 320 g/mol. The zero-order valence-corrected chi connectivity index (χ0v) is 15.6. The number of rotatable bonds is 4. The maximum atomic E-state index is 12.4. The summed E-state index contributed by atoms with van der Waals surface area (Å²) in [6.45, 7) is 8.93. The van der Waals surface area contributed by atoms with Gasteiger partial charge < -0.3 is 15.4 Å². The fraction of sp³-hybridized carbons (Fsp3) is 0.500. The number of ether oxygens (including phenoxy) is 1. The smallest absolute Gasteiger partial charge is 0.408 e. The number of alkyl carbamates (subject to hydrolysis) is 1. The molecule has 0 aliphatic carbocycles. The number of fused-ring (bicyclic) bond motifs is 1. The van der Waals surface area contributed by atoms with Crippen molar-refractivity contribution in [1.82, 2.24) is 15.1 Å². The molecule has 1 heterocycles. The molecule has 0 saturated heterocycles. The average molecular weight is 346 g/mol. The Morgan fingerprint density at radius 2 is 1.88 bits per heavy atom. The van der Waals surface area contributed by atoms with Crippen LogP contribution in [0.2, 0.25) is 0 Å². The molecule has 1 aromatic carbocycles. The summed E-state index contributed by atoms with van der Waals surface area (Å²) in [5.41, 5.74) is 0.0500. The molecule has 0 aliphatic rings. The lowest BCUT2D eigenvalue weighted by atomic mass is 10.0. The summed E-state index contributed by atoms with van der Waals surface area (Å²) < 4.78 is 6.94. The monoisotopic (exact) mass is 346 g/mol. The van der Waals surface area contributed by atoms with E-state index in [1.165, 1.54) is 0 Å². The Balaban J connectivity index is 2.02. The Hall–Kier alpha value is -2.57. The van der Waals surface area contributed by atoms with Crippen molar-refractivity contribution in [3.63, 3.8) is 0 Å². The highest BCUT2D eigenvalue weighted by Crippen LogP contribution is 2.22. The lowest BCUT2D eigenvalue weighted by molar-refractivity contribution is -0.117. The van der Waals surface area contributed by atoms with Crippen LogP contribution < -0.4 is 10.6 Å². The van der Waals surface area contributed by atoms with Crippen molar-refractivity contribution in [2.24, 2.45) is 7.05 Å². The van der Waals surface area contributed by atoms with Crippen molar-refractivity contribution >= 4 is 28.6 Å². The molecule has 0 radical (unpaired) electrons. The molecule has 7 heteroatoms. The van der Waals surface area contributed by atoms with Gasteiger partial charge in [-0.25, -0.2) is 4.79 Å². The highest BCUT2D eigenvalue weighted by Gasteiger charge is 2.27. The van der Waals surface area contributed by atoms with E-state index in [1.807, 2.05) is 31.4 Å². The third-order valence-corrected chi connectivity index (χ3v) is 3.37. The molecule has 2 aromatic rings. The van der Waals surface area contributed by atoms with E-state index in [0.29, 0.717) is 5.69 Å². The Kier molecular flexibility index (Phi) is 5.06. The maximum Gasteiger partial charge on any atom is 0.408 e. The summed E-state index contributed by atoms with van der Waals surface area (Å²) in [6.07, 6.45) is 1.45. The van der Waals surface area contributed by atoms with Crippen molar-refractivity contribution in [2.45, 2.75) is 52.2 Å². The molecule has 0 unspecified atom stereocenters. The molecule has 2 amide bonds. The van der Waals surface area contributed by atoms with Gasteiger partial charge in [-0.1, -0.05) is 12.1 Å². The fourth-order valence-corrected chi connectivity index (χ4v) is 2.49. The number of hydrogen-bond donors (Lipinski definition) is 2. The zero-order valence-electron chi connectivity index (χ0n) is 15.6. The normalized spacial score (nSPS) is 12.1. The number of carbonyl (C=O) groups is 2. The van der Waals surface area contributed by atoms with Gasteiger partial charge in [-0.3, -0.25) is 9.48 Å². The molecule has 2 rings (SSSR count). The Bertz CT molecular complexity index is 787. The summed E-state index contributed by atoms with van der Waals surface area (Å²) in [6, 6.07) is 5.61. The molecule has 0 fully saturated rings. The van der Waals surface area contributed by atoms with Gasteiger partial charge in [0.25, 0.3) is 0 Å². The van der Waals surface area contributed by atoms with Gasteiger partial charge in [-0.2, -0.15) is 5.10 Å². The van der Waals surface area contributed by atoms with Gasteiger partial charge in [0, 0.05) is 30.6 Å². The summed E-state index contributed by atoms with van der Waals surface area (Å²) in [5.74, 6) is -0.209. The highest BCUT2D eigenvalue weighted by atomic mass is 16.6. The van der Waals surface area contributed by atoms with Crippen LogP contribution in [-0.2, 0) is 16.6 Å². The molecule has 7 nitrogen and oxygen atoms in total. The van der Waals surface area contributed by atoms with Crippen molar-refractivity contribution < 1.29 is 14.3 Å². The number of hydrogen-bond acceptors (Lipinski definition) is 4. The molecule has 25 heavy (non-hydrogen) atoms. The van der Waals surface area contributed by atoms with Crippen LogP contribution in [0.4, 0.5) is 10.5 Å². The van der Waals surface area contributed by atoms with Crippen LogP contribution in [0.5, 0.6) is 0 Å². The molecule has 0 atom stereocenters. The number of carbonyl (C=O) groups excluding carboxylic acids is 2. The summed E-state index contributed by atoms with van der Waals surface area (Å²) >= 11 is 0. The number of benzene rings is 1. The largest absolute Gasteiger partial charge is 0.444 e. The van der Waals surface area contributed by atoms with E-state index in [9.17, 15) is 9.59 Å². The second-order valence-electron chi connectivity index (χ2n) is 7.78. The molecule has 0 aliphatic heterocycles. The Morgan fingerprint density at radius 3 is 2.52 bits per heavy atom. The molecule has 2 N–H and O–H groups in total. The van der Waals surface area contributed by atoms with Gasteiger partial charge in [-0.05, 0) is 40.7 Å². The van der Waals surface area contributed by atoms with Crippen molar-refractivity contribution in [1.29, 1.82) is 0 Å². The highest BCUT2D eigenvalue weighted by molar-refractivity contribution is 6.00. The van der Waals surface area contributed by atoms with E-state index in [2.05, 4.69) is 15.7 Å². The van der Waals surface area contributed by atoms with Crippen molar-refractivity contribution in [3.8, 4) is 0 Å². The first kappa shape index (κ1) is 18.8. The molecule has 0 saturated carbocycles. The first-order valence-electron chi connectivity index (χ1n) is 8.19. The number of aromatic nitrogens is 2. The SMILES string of the molecule is Cn1cc2cccc(NC(=O)CC(C)(C)NC(=O)OC(C)(C)C)c2n1. The minimum atomic E-state index is -0.746. The van der Waals surface area contributed by atoms with Crippen LogP contribution >= 0.6 is 0 Å². The predicted octanol–water partition coefficient (Wildman–Crippen LogP) is 3.21. The minimum absolute atomic E-state index is 0.107.